The number of nitrogens with one attached hydrogen (secondary N) is 1. The van der Waals surface area contributed by atoms with Crippen LogP contribution < -0.4 is 5.32 Å². The quantitative estimate of drug-likeness (QED) is 0.632. The van der Waals surface area contributed by atoms with Gasteiger partial charge < -0.3 is 19.5 Å². The third kappa shape index (κ3) is 6.48. The average Bonchev–Trinajstić information content (AvgIpc) is 2.47. The summed E-state index contributed by atoms with van der Waals surface area (Å²) in [5.41, 5.74) is 2.50. The van der Waals surface area contributed by atoms with E-state index in [2.05, 4.69) is 43.4 Å². The lowest BCUT2D eigenvalue weighted by Crippen LogP contribution is -2.25. The van der Waals surface area contributed by atoms with Crippen molar-refractivity contribution < 1.29 is 14.2 Å². The molecule has 4 nitrogen and oxygen atoms in total. The van der Waals surface area contributed by atoms with E-state index in [1.165, 1.54) is 11.1 Å². The molecule has 0 spiro atoms. The summed E-state index contributed by atoms with van der Waals surface area (Å²) in [5, 5.41) is 3.35. The van der Waals surface area contributed by atoms with E-state index in [9.17, 15) is 0 Å². The fourth-order valence-electron chi connectivity index (χ4n) is 1.98. The van der Waals surface area contributed by atoms with Crippen LogP contribution in [0.2, 0.25) is 0 Å². The van der Waals surface area contributed by atoms with Gasteiger partial charge in [0, 0.05) is 13.7 Å². The van der Waals surface area contributed by atoms with Gasteiger partial charge in [-0.1, -0.05) is 31.2 Å². The zero-order chi connectivity index (χ0) is 14.6. The molecule has 0 saturated heterocycles. The fourth-order valence-corrected chi connectivity index (χ4v) is 1.98. The minimum absolute atomic E-state index is 0.0715. The van der Waals surface area contributed by atoms with E-state index in [4.69, 9.17) is 14.2 Å². The van der Waals surface area contributed by atoms with Crippen LogP contribution >= 0.6 is 0 Å². The third-order valence-electron chi connectivity index (χ3n) is 3.09. The van der Waals surface area contributed by atoms with Crippen LogP contribution in [0.15, 0.2) is 24.3 Å². The van der Waals surface area contributed by atoms with Gasteiger partial charge in [-0.2, -0.15) is 0 Å². The highest BCUT2D eigenvalue weighted by Crippen LogP contribution is 2.20. The molecule has 1 aromatic rings. The molecule has 0 saturated carbocycles. The third-order valence-corrected chi connectivity index (χ3v) is 3.09. The van der Waals surface area contributed by atoms with Gasteiger partial charge in [0.25, 0.3) is 0 Å². The van der Waals surface area contributed by atoms with Gasteiger partial charge in [-0.05, 0) is 24.6 Å². The molecule has 1 unspecified atom stereocenters. The van der Waals surface area contributed by atoms with Crippen molar-refractivity contribution in [2.75, 3.05) is 46.6 Å². The van der Waals surface area contributed by atoms with Crippen molar-refractivity contribution in [3.8, 4) is 0 Å². The number of aryl methyl sites for hydroxylation is 1. The molecule has 0 bridgehead atoms. The van der Waals surface area contributed by atoms with Crippen LogP contribution in [-0.4, -0.2) is 46.6 Å². The first-order chi connectivity index (χ1) is 9.79. The number of hydrogen-bond donors (Lipinski definition) is 1. The lowest BCUT2D eigenvalue weighted by molar-refractivity contribution is -0.00689. The Bertz CT molecular complexity index is 357. The maximum atomic E-state index is 5.96. The average molecular weight is 281 g/mol. The second-order valence-corrected chi connectivity index (χ2v) is 4.63. The Kier molecular flexibility index (Phi) is 9.24. The number of likely N-dealkylation sites (N-methyl/N-ethyl adjacent to an activating group) is 1. The van der Waals surface area contributed by atoms with Crippen LogP contribution in [-0.2, 0) is 14.2 Å². The van der Waals surface area contributed by atoms with Gasteiger partial charge in [0.05, 0.1) is 32.5 Å². The second kappa shape index (κ2) is 10.8. The second-order valence-electron chi connectivity index (χ2n) is 4.63. The molecule has 1 atom stereocenters. The summed E-state index contributed by atoms with van der Waals surface area (Å²) in [6.07, 6.45) is 0.0715. The Morgan fingerprint density at radius 3 is 2.55 bits per heavy atom. The van der Waals surface area contributed by atoms with Crippen molar-refractivity contribution in [3.05, 3.63) is 35.4 Å². The molecule has 0 heterocycles. The lowest BCUT2D eigenvalue weighted by atomic mass is 10.0. The van der Waals surface area contributed by atoms with E-state index >= 15 is 0 Å². The predicted molar refractivity (Wildman–Crippen MR) is 81.1 cm³/mol. The monoisotopic (exact) mass is 281 g/mol. The molecule has 0 aliphatic rings. The normalized spacial score (nSPS) is 12.6. The van der Waals surface area contributed by atoms with E-state index in [1.807, 2.05) is 0 Å². The number of hydrogen-bond acceptors (Lipinski definition) is 4. The van der Waals surface area contributed by atoms with Crippen LogP contribution in [0.3, 0.4) is 0 Å². The molecule has 0 aliphatic heterocycles. The van der Waals surface area contributed by atoms with E-state index in [0.717, 1.165) is 13.1 Å². The van der Waals surface area contributed by atoms with Crippen LogP contribution in [0.4, 0.5) is 0 Å². The fraction of sp³-hybridized carbons (Fsp3) is 0.625. The summed E-state index contributed by atoms with van der Waals surface area (Å²) in [5.74, 6) is 0. The molecule has 0 aromatic heterocycles. The van der Waals surface area contributed by atoms with Crippen molar-refractivity contribution >= 4 is 0 Å². The molecule has 0 radical (unpaired) electrons. The molecule has 4 heteroatoms. The molecule has 1 N–H and O–H groups in total. The van der Waals surface area contributed by atoms with Gasteiger partial charge in [-0.3, -0.25) is 0 Å². The van der Waals surface area contributed by atoms with Crippen LogP contribution in [0.1, 0.15) is 24.2 Å². The summed E-state index contributed by atoms with van der Waals surface area (Å²) >= 11 is 0. The van der Waals surface area contributed by atoms with E-state index < -0.39 is 0 Å². The molecule has 0 aliphatic carbocycles. The van der Waals surface area contributed by atoms with Crippen LogP contribution in [0.25, 0.3) is 0 Å². The molecule has 1 rings (SSSR count). The van der Waals surface area contributed by atoms with E-state index in [0.29, 0.717) is 26.4 Å². The highest BCUT2D eigenvalue weighted by Gasteiger charge is 2.13. The van der Waals surface area contributed by atoms with Crippen LogP contribution in [0.5, 0.6) is 0 Å². The molecule has 0 fully saturated rings. The Morgan fingerprint density at radius 1 is 1.10 bits per heavy atom. The van der Waals surface area contributed by atoms with Gasteiger partial charge in [0.2, 0.25) is 0 Å². The molecular weight excluding hydrogens is 254 g/mol. The summed E-state index contributed by atoms with van der Waals surface area (Å²) in [7, 11) is 1.67. The lowest BCUT2D eigenvalue weighted by Gasteiger charge is -2.20. The van der Waals surface area contributed by atoms with Crippen molar-refractivity contribution in [3.63, 3.8) is 0 Å². The first-order valence-electron chi connectivity index (χ1n) is 7.24. The topological polar surface area (TPSA) is 39.7 Å². The highest BCUT2D eigenvalue weighted by atomic mass is 16.5. The zero-order valence-electron chi connectivity index (χ0n) is 12.9. The Labute approximate surface area is 122 Å². The minimum Gasteiger partial charge on any atom is -0.382 e. The van der Waals surface area contributed by atoms with Gasteiger partial charge in [-0.15, -0.1) is 0 Å². The molecule has 114 valence electrons. The molecular formula is C16H27NO3. The van der Waals surface area contributed by atoms with Crippen molar-refractivity contribution in [2.24, 2.45) is 0 Å². The first kappa shape index (κ1) is 17.1. The summed E-state index contributed by atoms with van der Waals surface area (Å²) in [6.45, 7) is 8.40. The molecule has 1 aromatic carbocycles. The predicted octanol–water partition coefficient (Wildman–Crippen LogP) is 2.33. The molecule has 0 amide bonds. The van der Waals surface area contributed by atoms with Crippen molar-refractivity contribution in [1.29, 1.82) is 0 Å². The largest absolute Gasteiger partial charge is 0.382 e. The smallest absolute Gasteiger partial charge is 0.0952 e. The number of benzene rings is 1. The minimum atomic E-state index is 0.0715. The maximum Gasteiger partial charge on any atom is 0.0952 e. The number of ether oxygens (including phenoxy) is 3. The van der Waals surface area contributed by atoms with Gasteiger partial charge in [0.1, 0.15) is 0 Å². The Morgan fingerprint density at radius 2 is 1.85 bits per heavy atom. The maximum absolute atomic E-state index is 5.96. The van der Waals surface area contributed by atoms with Crippen molar-refractivity contribution in [1.82, 2.24) is 5.32 Å². The van der Waals surface area contributed by atoms with Gasteiger partial charge >= 0.3 is 0 Å². The van der Waals surface area contributed by atoms with Gasteiger partial charge in [-0.25, -0.2) is 0 Å². The van der Waals surface area contributed by atoms with E-state index in [-0.39, 0.29) is 6.10 Å². The first-order valence-corrected chi connectivity index (χ1v) is 7.24. The SMILES string of the molecule is CCNCC(OCCOCCOC)c1ccccc1C. The van der Waals surface area contributed by atoms with Gasteiger partial charge in [0.15, 0.2) is 0 Å². The summed E-state index contributed by atoms with van der Waals surface area (Å²) in [6, 6.07) is 8.35. The number of rotatable bonds is 11. The summed E-state index contributed by atoms with van der Waals surface area (Å²) < 4.78 is 16.3. The Balaban J connectivity index is 2.42. The van der Waals surface area contributed by atoms with Crippen molar-refractivity contribution in [2.45, 2.75) is 20.0 Å². The van der Waals surface area contributed by atoms with E-state index in [1.54, 1.807) is 7.11 Å². The highest BCUT2D eigenvalue weighted by molar-refractivity contribution is 5.28. The van der Waals surface area contributed by atoms with Crippen LogP contribution in [0, 0.1) is 6.92 Å². The zero-order valence-corrected chi connectivity index (χ0v) is 12.9. The number of methoxy groups -OCH3 is 1. The summed E-state index contributed by atoms with van der Waals surface area (Å²) in [4.78, 5) is 0. The standard InChI is InChI=1S/C16H27NO3/c1-4-17-13-16(15-8-6-5-7-14(15)2)20-12-11-19-10-9-18-3/h5-8,16-17H,4,9-13H2,1-3H3. The Hall–Kier alpha value is -0.940. The molecule has 20 heavy (non-hydrogen) atoms.